The minimum Gasteiger partial charge on any atom is -0.503 e. The Kier molecular flexibility index (Phi) is 3.87. The number of methoxy groups -OCH3 is 1. The van der Waals surface area contributed by atoms with Crippen LogP contribution in [0.1, 0.15) is 11.6 Å². The summed E-state index contributed by atoms with van der Waals surface area (Å²) in [7, 11) is 1.33. The molecule has 0 spiro atoms. The number of phenols is 1. The number of ether oxygens (including phenoxy) is 1. The maximum absolute atomic E-state index is 12.3. The van der Waals surface area contributed by atoms with Crippen molar-refractivity contribution in [3.8, 4) is 11.5 Å². The van der Waals surface area contributed by atoms with Crippen molar-refractivity contribution in [1.29, 1.82) is 0 Å². The summed E-state index contributed by atoms with van der Waals surface area (Å²) in [6, 6.07) is 1.24. The van der Waals surface area contributed by atoms with Crippen molar-refractivity contribution in [1.82, 2.24) is 0 Å². The second-order valence-electron chi connectivity index (χ2n) is 2.91. The highest BCUT2D eigenvalue weighted by molar-refractivity contribution is 9.10. The molecule has 1 aromatic carbocycles. The van der Waals surface area contributed by atoms with E-state index in [1.54, 1.807) is 0 Å². The Morgan fingerprint density at radius 3 is 2.53 bits per heavy atom. The number of hydrogen-bond donors (Lipinski definition) is 2. The van der Waals surface area contributed by atoms with E-state index in [1.165, 1.54) is 19.2 Å². The van der Waals surface area contributed by atoms with Crippen LogP contribution in [-0.2, 0) is 0 Å². The monoisotopic (exact) mass is 281 g/mol. The standard InChI is InChI=1S/C9H10BrF2NO2/c1-15-6-3-4(7(13)9(11)12)2-5(10)8(6)14/h2-3,7,9,14H,13H2,1H3/t7-/m0/s1. The number of alkyl halides is 2. The van der Waals surface area contributed by atoms with Gasteiger partial charge < -0.3 is 15.6 Å². The molecule has 0 radical (unpaired) electrons. The lowest BCUT2D eigenvalue weighted by Gasteiger charge is -2.13. The Balaban J connectivity index is 3.16. The molecule has 3 nitrogen and oxygen atoms in total. The van der Waals surface area contributed by atoms with Gasteiger partial charge in [0.25, 0.3) is 6.43 Å². The summed E-state index contributed by atoms with van der Waals surface area (Å²) in [4.78, 5) is 0. The second kappa shape index (κ2) is 4.76. The van der Waals surface area contributed by atoms with Crippen LogP contribution < -0.4 is 10.5 Å². The Labute approximate surface area is 94.0 Å². The van der Waals surface area contributed by atoms with Crippen LogP contribution >= 0.6 is 15.9 Å². The molecule has 0 aliphatic heterocycles. The molecule has 0 heterocycles. The molecule has 1 atom stereocenters. The zero-order valence-electron chi connectivity index (χ0n) is 7.88. The summed E-state index contributed by atoms with van der Waals surface area (Å²) in [5.74, 6) is -0.0295. The highest BCUT2D eigenvalue weighted by Gasteiger charge is 2.20. The number of halogens is 3. The van der Waals surface area contributed by atoms with Crippen molar-refractivity contribution in [2.45, 2.75) is 12.5 Å². The topological polar surface area (TPSA) is 55.5 Å². The van der Waals surface area contributed by atoms with Crippen LogP contribution in [-0.4, -0.2) is 18.6 Å². The summed E-state index contributed by atoms with van der Waals surface area (Å²) in [5, 5.41) is 9.44. The average Bonchev–Trinajstić information content (AvgIpc) is 2.20. The van der Waals surface area contributed by atoms with Gasteiger partial charge in [-0.2, -0.15) is 0 Å². The Hall–Kier alpha value is -0.880. The summed E-state index contributed by atoms with van der Waals surface area (Å²) in [5.41, 5.74) is 5.47. The minimum atomic E-state index is -2.66. The molecule has 0 aliphatic carbocycles. The van der Waals surface area contributed by atoms with Crippen molar-refractivity contribution < 1.29 is 18.6 Å². The summed E-state index contributed by atoms with van der Waals surface area (Å²) < 4.78 is 29.8. The SMILES string of the molecule is COc1cc([C@H](N)C(F)F)cc(Br)c1O. The molecule has 0 unspecified atom stereocenters. The van der Waals surface area contributed by atoms with E-state index in [2.05, 4.69) is 15.9 Å². The van der Waals surface area contributed by atoms with Crippen LogP contribution in [0.15, 0.2) is 16.6 Å². The van der Waals surface area contributed by atoms with E-state index in [-0.39, 0.29) is 21.5 Å². The fraction of sp³-hybridized carbons (Fsp3) is 0.333. The van der Waals surface area contributed by atoms with Crippen LogP contribution in [0.5, 0.6) is 11.5 Å². The normalized spacial score (nSPS) is 12.9. The van der Waals surface area contributed by atoms with E-state index in [1.807, 2.05) is 0 Å². The first kappa shape index (κ1) is 12.2. The average molecular weight is 282 g/mol. The van der Waals surface area contributed by atoms with Gasteiger partial charge in [-0.25, -0.2) is 8.78 Å². The number of phenolic OH excluding ortho intramolecular Hbond substituents is 1. The highest BCUT2D eigenvalue weighted by Crippen LogP contribution is 2.37. The molecule has 15 heavy (non-hydrogen) atoms. The van der Waals surface area contributed by atoms with Crippen LogP contribution in [0.2, 0.25) is 0 Å². The number of aromatic hydroxyl groups is 1. The largest absolute Gasteiger partial charge is 0.503 e. The number of nitrogens with two attached hydrogens (primary N) is 1. The van der Waals surface area contributed by atoms with Crippen LogP contribution in [0, 0.1) is 0 Å². The lowest BCUT2D eigenvalue weighted by atomic mass is 10.1. The van der Waals surface area contributed by atoms with E-state index in [4.69, 9.17) is 10.5 Å². The van der Waals surface area contributed by atoms with Crippen LogP contribution in [0.4, 0.5) is 8.78 Å². The van der Waals surface area contributed by atoms with E-state index in [9.17, 15) is 13.9 Å². The van der Waals surface area contributed by atoms with Crippen molar-refractivity contribution in [2.75, 3.05) is 7.11 Å². The molecule has 3 N–H and O–H groups in total. The summed E-state index contributed by atoms with van der Waals surface area (Å²) >= 11 is 3.02. The van der Waals surface area contributed by atoms with Crippen molar-refractivity contribution in [2.24, 2.45) is 5.73 Å². The van der Waals surface area contributed by atoms with E-state index in [0.717, 1.165) is 0 Å². The molecule has 84 valence electrons. The van der Waals surface area contributed by atoms with Gasteiger partial charge in [0.2, 0.25) is 0 Å². The number of hydrogen-bond acceptors (Lipinski definition) is 3. The van der Waals surface area contributed by atoms with Gasteiger partial charge in [0.15, 0.2) is 11.5 Å². The maximum atomic E-state index is 12.3. The van der Waals surface area contributed by atoms with Gasteiger partial charge in [-0.05, 0) is 33.6 Å². The fourth-order valence-corrected chi connectivity index (χ4v) is 1.55. The molecule has 0 saturated heterocycles. The van der Waals surface area contributed by atoms with E-state index >= 15 is 0 Å². The van der Waals surface area contributed by atoms with Crippen molar-refractivity contribution in [3.63, 3.8) is 0 Å². The predicted octanol–water partition coefficient (Wildman–Crippen LogP) is 2.43. The Morgan fingerprint density at radius 2 is 2.07 bits per heavy atom. The molecular formula is C9H10BrF2NO2. The fourth-order valence-electron chi connectivity index (χ4n) is 1.09. The smallest absolute Gasteiger partial charge is 0.257 e. The molecule has 1 aromatic rings. The Morgan fingerprint density at radius 1 is 1.47 bits per heavy atom. The molecular weight excluding hydrogens is 272 g/mol. The van der Waals surface area contributed by atoms with Gasteiger partial charge in [-0.3, -0.25) is 0 Å². The first-order chi connectivity index (χ1) is 6.97. The van der Waals surface area contributed by atoms with Gasteiger partial charge >= 0.3 is 0 Å². The third-order valence-electron chi connectivity index (χ3n) is 1.93. The number of rotatable bonds is 3. The van der Waals surface area contributed by atoms with E-state index < -0.39 is 12.5 Å². The summed E-state index contributed by atoms with van der Waals surface area (Å²) in [6.45, 7) is 0. The molecule has 0 amide bonds. The second-order valence-corrected chi connectivity index (χ2v) is 3.77. The molecule has 0 fully saturated rings. The Bertz CT molecular complexity index is 360. The predicted molar refractivity (Wildman–Crippen MR) is 55.3 cm³/mol. The first-order valence-corrected chi connectivity index (χ1v) is 4.86. The van der Waals surface area contributed by atoms with Crippen LogP contribution in [0.3, 0.4) is 0 Å². The number of benzene rings is 1. The zero-order chi connectivity index (χ0) is 11.6. The van der Waals surface area contributed by atoms with Gasteiger partial charge in [0.1, 0.15) is 0 Å². The zero-order valence-corrected chi connectivity index (χ0v) is 9.46. The molecule has 0 aliphatic rings. The van der Waals surface area contributed by atoms with Crippen molar-refractivity contribution >= 4 is 15.9 Å². The van der Waals surface area contributed by atoms with Gasteiger partial charge in [0.05, 0.1) is 17.6 Å². The molecule has 1 rings (SSSR count). The molecule has 0 bridgehead atoms. The minimum absolute atomic E-state index is 0.107. The van der Waals surface area contributed by atoms with E-state index in [0.29, 0.717) is 0 Å². The van der Waals surface area contributed by atoms with Crippen molar-refractivity contribution in [3.05, 3.63) is 22.2 Å². The molecule has 6 heteroatoms. The molecule has 0 saturated carbocycles. The lowest BCUT2D eigenvalue weighted by Crippen LogP contribution is -2.18. The lowest BCUT2D eigenvalue weighted by molar-refractivity contribution is 0.116. The maximum Gasteiger partial charge on any atom is 0.257 e. The van der Waals surface area contributed by atoms with Gasteiger partial charge in [-0.1, -0.05) is 0 Å². The van der Waals surface area contributed by atoms with Gasteiger partial charge in [-0.15, -0.1) is 0 Å². The van der Waals surface area contributed by atoms with Gasteiger partial charge in [0, 0.05) is 0 Å². The molecule has 0 aromatic heterocycles. The first-order valence-electron chi connectivity index (χ1n) is 4.07. The summed E-state index contributed by atoms with van der Waals surface area (Å²) in [6.07, 6.45) is -2.66. The quantitative estimate of drug-likeness (QED) is 0.895. The third-order valence-corrected chi connectivity index (χ3v) is 2.53. The highest BCUT2D eigenvalue weighted by atomic mass is 79.9. The van der Waals surface area contributed by atoms with Crippen LogP contribution in [0.25, 0.3) is 0 Å². The third kappa shape index (κ3) is 2.57.